The van der Waals surface area contributed by atoms with Gasteiger partial charge in [0.25, 0.3) is 5.69 Å². The van der Waals surface area contributed by atoms with Crippen molar-refractivity contribution in [3.05, 3.63) is 64.2 Å². The fourth-order valence-corrected chi connectivity index (χ4v) is 2.59. The first-order chi connectivity index (χ1) is 10.6. The molecule has 0 fully saturated rings. The zero-order valence-corrected chi connectivity index (χ0v) is 12.9. The Labute approximate surface area is 132 Å². The Bertz CT molecular complexity index is 654. The number of nitro benzene ring substituents is 1. The number of thioether (sulfide) groups is 1. The van der Waals surface area contributed by atoms with E-state index in [0.717, 1.165) is 11.3 Å². The van der Waals surface area contributed by atoms with E-state index in [1.54, 1.807) is 11.8 Å². The molecule has 5 nitrogen and oxygen atoms in total. The zero-order valence-electron chi connectivity index (χ0n) is 12.1. The van der Waals surface area contributed by atoms with Crippen LogP contribution in [0.3, 0.4) is 0 Å². The van der Waals surface area contributed by atoms with E-state index < -0.39 is 4.92 Å². The van der Waals surface area contributed by atoms with Crippen LogP contribution >= 0.6 is 11.8 Å². The van der Waals surface area contributed by atoms with Gasteiger partial charge >= 0.3 is 0 Å². The van der Waals surface area contributed by atoms with E-state index in [0.29, 0.717) is 5.69 Å². The molecule has 6 heteroatoms. The number of anilines is 1. The summed E-state index contributed by atoms with van der Waals surface area (Å²) in [6, 6.07) is 13.7. The van der Waals surface area contributed by atoms with Crippen LogP contribution in [0.25, 0.3) is 0 Å². The van der Waals surface area contributed by atoms with Crippen molar-refractivity contribution < 1.29 is 9.72 Å². The van der Waals surface area contributed by atoms with Crippen molar-refractivity contribution in [2.24, 2.45) is 0 Å². The standard InChI is InChI=1S/C16H16N2O3S/c1-2-22-15-9-3-12(4-10-15)11-16(19)17-13-5-7-14(8-6-13)18(20)21/h3-10H,2,11H2,1H3,(H,17,19). The highest BCUT2D eigenvalue weighted by Gasteiger charge is 2.07. The fourth-order valence-electron chi connectivity index (χ4n) is 1.93. The lowest BCUT2D eigenvalue weighted by atomic mass is 10.1. The molecule has 0 unspecified atom stereocenters. The highest BCUT2D eigenvalue weighted by Crippen LogP contribution is 2.19. The van der Waals surface area contributed by atoms with Gasteiger partial charge in [0.1, 0.15) is 0 Å². The molecule has 0 heterocycles. The predicted octanol–water partition coefficient (Wildman–Crippen LogP) is 3.89. The van der Waals surface area contributed by atoms with E-state index in [1.807, 2.05) is 24.3 Å². The van der Waals surface area contributed by atoms with Crippen LogP contribution in [0.15, 0.2) is 53.4 Å². The zero-order chi connectivity index (χ0) is 15.9. The van der Waals surface area contributed by atoms with Gasteiger partial charge in [0.15, 0.2) is 0 Å². The Hall–Kier alpha value is -2.34. The third kappa shape index (κ3) is 4.60. The minimum atomic E-state index is -0.471. The molecule has 0 aliphatic heterocycles. The summed E-state index contributed by atoms with van der Waals surface area (Å²) in [4.78, 5) is 23.2. The van der Waals surface area contributed by atoms with Gasteiger partial charge in [-0.2, -0.15) is 0 Å². The molecule has 0 saturated heterocycles. The van der Waals surface area contributed by atoms with Crippen LogP contribution in [0.4, 0.5) is 11.4 Å². The summed E-state index contributed by atoms with van der Waals surface area (Å²) in [5, 5.41) is 13.3. The molecule has 2 aromatic rings. The van der Waals surface area contributed by atoms with Crippen LogP contribution < -0.4 is 5.32 Å². The van der Waals surface area contributed by atoms with Crippen molar-refractivity contribution in [3.8, 4) is 0 Å². The lowest BCUT2D eigenvalue weighted by Crippen LogP contribution is -2.14. The third-order valence-electron chi connectivity index (χ3n) is 2.96. The molecule has 114 valence electrons. The number of amides is 1. The second-order valence-corrected chi connectivity index (χ2v) is 5.94. The van der Waals surface area contributed by atoms with Gasteiger partial charge in [-0.15, -0.1) is 11.8 Å². The molecule has 0 aliphatic carbocycles. The first kappa shape index (κ1) is 16.0. The summed E-state index contributed by atoms with van der Waals surface area (Å²) in [6.07, 6.45) is 0.272. The monoisotopic (exact) mass is 316 g/mol. The number of non-ortho nitro benzene ring substituents is 1. The van der Waals surface area contributed by atoms with Crippen LogP contribution in [0.5, 0.6) is 0 Å². The highest BCUT2D eigenvalue weighted by molar-refractivity contribution is 7.99. The van der Waals surface area contributed by atoms with Crippen LogP contribution in [-0.2, 0) is 11.2 Å². The van der Waals surface area contributed by atoms with Gasteiger partial charge in [0, 0.05) is 22.7 Å². The van der Waals surface area contributed by atoms with Crippen molar-refractivity contribution >= 4 is 29.0 Å². The third-order valence-corrected chi connectivity index (χ3v) is 3.86. The minimum absolute atomic E-state index is 0.00186. The normalized spacial score (nSPS) is 10.2. The molecule has 0 spiro atoms. The number of carbonyl (C=O) groups is 1. The maximum atomic E-state index is 12.0. The number of hydrogen-bond acceptors (Lipinski definition) is 4. The summed E-state index contributed by atoms with van der Waals surface area (Å²) >= 11 is 1.75. The smallest absolute Gasteiger partial charge is 0.269 e. The number of hydrogen-bond donors (Lipinski definition) is 1. The molecule has 2 rings (SSSR count). The number of benzene rings is 2. The number of rotatable bonds is 6. The van der Waals surface area contributed by atoms with Crippen molar-refractivity contribution in [1.82, 2.24) is 0 Å². The average Bonchev–Trinajstić information content (AvgIpc) is 2.50. The van der Waals surface area contributed by atoms with Crippen LogP contribution in [0.2, 0.25) is 0 Å². The van der Waals surface area contributed by atoms with Crippen molar-refractivity contribution in [2.75, 3.05) is 11.1 Å². The van der Waals surface area contributed by atoms with Crippen LogP contribution in [0, 0.1) is 10.1 Å². The number of nitro groups is 1. The quantitative estimate of drug-likeness (QED) is 0.498. The Balaban J connectivity index is 1.93. The SMILES string of the molecule is CCSc1ccc(CC(=O)Nc2ccc([N+](=O)[O-])cc2)cc1. The van der Waals surface area contributed by atoms with Gasteiger partial charge < -0.3 is 5.32 Å². The number of nitrogens with zero attached hydrogens (tertiary/aromatic N) is 1. The van der Waals surface area contributed by atoms with E-state index in [9.17, 15) is 14.9 Å². The topological polar surface area (TPSA) is 72.2 Å². The second-order valence-electron chi connectivity index (χ2n) is 4.61. The maximum Gasteiger partial charge on any atom is 0.269 e. The lowest BCUT2D eigenvalue weighted by Gasteiger charge is -2.06. The van der Waals surface area contributed by atoms with Gasteiger partial charge in [-0.05, 0) is 35.6 Å². The Morgan fingerprint density at radius 1 is 1.14 bits per heavy atom. The van der Waals surface area contributed by atoms with Gasteiger partial charge in [-0.1, -0.05) is 19.1 Å². The van der Waals surface area contributed by atoms with Crippen molar-refractivity contribution in [3.63, 3.8) is 0 Å². The van der Waals surface area contributed by atoms with Crippen LogP contribution in [0.1, 0.15) is 12.5 Å². The van der Waals surface area contributed by atoms with E-state index in [1.165, 1.54) is 29.2 Å². The Morgan fingerprint density at radius 3 is 2.32 bits per heavy atom. The molecule has 2 aromatic carbocycles. The van der Waals surface area contributed by atoms with Gasteiger partial charge in [-0.3, -0.25) is 14.9 Å². The highest BCUT2D eigenvalue weighted by atomic mass is 32.2. The van der Waals surface area contributed by atoms with E-state index in [2.05, 4.69) is 12.2 Å². The number of carbonyl (C=O) groups excluding carboxylic acids is 1. The van der Waals surface area contributed by atoms with E-state index >= 15 is 0 Å². The van der Waals surface area contributed by atoms with Gasteiger partial charge in [0.05, 0.1) is 11.3 Å². The molecule has 0 aliphatic rings. The van der Waals surface area contributed by atoms with Crippen LogP contribution in [-0.4, -0.2) is 16.6 Å². The van der Waals surface area contributed by atoms with E-state index in [-0.39, 0.29) is 18.0 Å². The predicted molar refractivity (Wildman–Crippen MR) is 88.3 cm³/mol. The lowest BCUT2D eigenvalue weighted by molar-refractivity contribution is -0.384. The first-order valence-electron chi connectivity index (χ1n) is 6.84. The molecular weight excluding hydrogens is 300 g/mol. The molecule has 1 N–H and O–H groups in total. The molecule has 0 atom stereocenters. The first-order valence-corrected chi connectivity index (χ1v) is 7.83. The summed E-state index contributed by atoms with van der Waals surface area (Å²) in [5.41, 5.74) is 1.48. The fraction of sp³-hybridized carbons (Fsp3) is 0.188. The Kier molecular flexibility index (Phi) is 5.55. The molecule has 22 heavy (non-hydrogen) atoms. The second kappa shape index (κ2) is 7.61. The summed E-state index contributed by atoms with van der Waals surface area (Å²) in [7, 11) is 0. The average molecular weight is 316 g/mol. The van der Waals surface area contributed by atoms with Gasteiger partial charge in [-0.25, -0.2) is 0 Å². The molecule has 0 saturated carbocycles. The van der Waals surface area contributed by atoms with Crippen molar-refractivity contribution in [1.29, 1.82) is 0 Å². The molecule has 0 aromatic heterocycles. The summed E-state index contributed by atoms with van der Waals surface area (Å²) in [5.74, 6) is 0.865. The molecule has 0 radical (unpaired) electrons. The summed E-state index contributed by atoms with van der Waals surface area (Å²) in [6.45, 7) is 2.09. The van der Waals surface area contributed by atoms with E-state index in [4.69, 9.17) is 0 Å². The number of nitrogens with one attached hydrogen (secondary N) is 1. The Morgan fingerprint density at radius 2 is 1.77 bits per heavy atom. The van der Waals surface area contributed by atoms with Gasteiger partial charge in [0.2, 0.25) is 5.91 Å². The summed E-state index contributed by atoms with van der Waals surface area (Å²) < 4.78 is 0. The molecular formula is C16H16N2O3S. The molecule has 1 amide bonds. The minimum Gasteiger partial charge on any atom is -0.326 e. The van der Waals surface area contributed by atoms with Crippen molar-refractivity contribution in [2.45, 2.75) is 18.2 Å². The molecule has 0 bridgehead atoms. The largest absolute Gasteiger partial charge is 0.326 e. The maximum absolute atomic E-state index is 12.0.